The van der Waals surface area contributed by atoms with Crippen LogP contribution in [0.3, 0.4) is 0 Å². The average Bonchev–Trinajstić information content (AvgIpc) is 2.48. The van der Waals surface area contributed by atoms with Crippen molar-refractivity contribution in [3.63, 3.8) is 0 Å². The summed E-state index contributed by atoms with van der Waals surface area (Å²) in [5, 5.41) is 3.53. The maximum Gasteiger partial charge on any atom is 0.408 e. The van der Waals surface area contributed by atoms with Gasteiger partial charge in [-0.25, -0.2) is 4.79 Å². The number of benzene rings is 2. The largest absolute Gasteiger partial charge is 0.441 e. The smallest absolute Gasteiger partial charge is 0.408 e. The van der Waals surface area contributed by atoms with Gasteiger partial charge >= 0.3 is 6.09 Å². The minimum atomic E-state index is -0.384. The molecule has 0 aliphatic carbocycles. The van der Waals surface area contributed by atoms with E-state index >= 15 is 0 Å². The van der Waals surface area contributed by atoms with Crippen molar-refractivity contribution in [2.24, 2.45) is 0 Å². The number of carbonyl (C=O) groups excluding carboxylic acids is 1. The molecule has 3 rings (SSSR count). The lowest BCUT2D eigenvalue weighted by atomic mass is 9.95. The number of rotatable bonds is 2. The van der Waals surface area contributed by atoms with Crippen LogP contribution in [0.4, 0.5) is 4.79 Å². The van der Waals surface area contributed by atoms with Gasteiger partial charge in [-0.15, -0.1) is 0 Å². The Morgan fingerprint density at radius 2 is 1.70 bits per heavy atom. The summed E-state index contributed by atoms with van der Waals surface area (Å²) in [6.07, 6.45) is 0.0773. The van der Waals surface area contributed by atoms with Crippen molar-refractivity contribution in [1.82, 2.24) is 5.32 Å². The standard InChI is InChI=1S/C16H14ClNO2/c17-13-8-6-12(7-9-13)15-10-14(18-16(19)20-15)11-4-2-1-3-5-11/h1-9,14-15H,10H2,(H,18,19). The first kappa shape index (κ1) is 13.0. The minimum Gasteiger partial charge on any atom is -0.441 e. The summed E-state index contributed by atoms with van der Waals surface area (Å²) in [7, 11) is 0. The van der Waals surface area contributed by atoms with E-state index in [4.69, 9.17) is 16.3 Å². The molecule has 1 N–H and O–H groups in total. The van der Waals surface area contributed by atoms with Crippen molar-refractivity contribution >= 4 is 17.7 Å². The number of ether oxygens (including phenoxy) is 1. The molecule has 0 bridgehead atoms. The first-order valence-corrected chi connectivity index (χ1v) is 6.88. The van der Waals surface area contributed by atoms with Crippen molar-refractivity contribution in [3.05, 3.63) is 70.7 Å². The topological polar surface area (TPSA) is 38.3 Å². The third kappa shape index (κ3) is 2.78. The molecule has 0 aromatic heterocycles. The highest BCUT2D eigenvalue weighted by Crippen LogP contribution is 2.33. The zero-order chi connectivity index (χ0) is 13.9. The third-order valence-electron chi connectivity index (χ3n) is 3.43. The van der Waals surface area contributed by atoms with Crippen LogP contribution < -0.4 is 5.32 Å². The SMILES string of the molecule is O=C1NC(c2ccccc2)CC(c2ccc(Cl)cc2)O1. The van der Waals surface area contributed by atoms with Gasteiger partial charge in [0.05, 0.1) is 6.04 Å². The van der Waals surface area contributed by atoms with E-state index in [1.807, 2.05) is 54.6 Å². The Morgan fingerprint density at radius 3 is 2.40 bits per heavy atom. The molecule has 20 heavy (non-hydrogen) atoms. The van der Waals surface area contributed by atoms with Gasteiger partial charge in [-0.3, -0.25) is 0 Å². The van der Waals surface area contributed by atoms with E-state index in [-0.39, 0.29) is 18.2 Å². The molecule has 0 spiro atoms. The number of hydrogen-bond acceptors (Lipinski definition) is 2. The lowest BCUT2D eigenvalue weighted by molar-refractivity contribution is 0.0581. The Labute approximate surface area is 122 Å². The van der Waals surface area contributed by atoms with Gasteiger partial charge < -0.3 is 10.1 Å². The van der Waals surface area contributed by atoms with Crippen LogP contribution in [0.2, 0.25) is 5.02 Å². The van der Waals surface area contributed by atoms with E-state index in [0.717, 1.165) is 11.1 Å². The van der Waals surface area contributed by atoms with Gasteiger partial charge in [0.2, 0.25) is 0 Å². The van der Waals surface area contributed by atoms with Gasteiger partial charge in [-0.05, 0) is 23.3 Å². The number of hydrogen-bond donors (Lipinski definition) is 1. The molecule has 1 amide bonds. The fourth-order valence-electron chi connectivity index (χ4n) is 2.41. The second kappa shape index (κ2) is 5.55. The summed E-state index contributed by atoms with van der Waals surface area (Å²) in [4.78, 5) is 11.7. The molecule has 1 heterocycles. The van der Waals surface area contributed by atoms with Crippen LogP contribution in [0.15, 0.2) is 54.6 Å². The normalized spacial score (nSPS) is 21.9. The van der Waals surface area contributed by atoms with Crippen LogP contribution in [0.5, 0.6) is 0 Å². The Bertz CT molecular complexity index is 598. The number of carbonyl (C=O) groups is 1. The summed E-state index contributed by atoms with van der Waals surface area (Å²) in [6.45, 7) is 0. The molecule has 0 saturated carbocycles. The Kier molecular flexibility index (Phi) is 3.61. The van der Waals surface area contributed by atoms with E-state index in [2.05, 4.69) is 5.32 Å². The molecule has 1 saturated heterocycles. The summed E-state index contributed by atoms with van der Waals surface area (Å²) < 4.78 is 5.37. The molecule has 0 radical (unpaired) electrons. The molecule has 2 aromatic rings. The lowest BCUT2D eigenvalue weighted by Crippen LogP contribution is -2.37. The van der Waals surface area contributed by atoms with E-state index in [9.17, 15) is 4.79 Å². The van der Waals surface area contributed by atoms with E-state index in [1.54, 1.807) is 0 Å². The minimum absolute atomic E-state index is 0.0295. The Hall–Kier alpha value is -2.00. The molecular formula is C16H14ClNO2. The number of amides is 1. The first-order chi connectivity index (χ1) is 9.72. The Morgan fingerprint density at radius 1 is 1.00 bits per heavy atom. The number of nitrogens with one attached hydrogen (secondary N) is 1. The summed E-state index contributed by atoms with van der Waals surface area (Å²) in [5.74, 6) is 0. The average molecular weight is 288 g/mol. The second-order valence-electron chi connectivity index (χ2n) is 4.79. The molecule has 2 atom stereocenters. The maximum absolute atomic E-state index is 11.7. The van der Waals surface area contributed by atoms with Crippen molar-refractivity contribution in [2.75, 3.05) is 0 Å². The fourth-order valence-corrected chi connectivity index (χ4v) is 2.54. The molecule has 4 heteroatoms. The zero-order valence-corrected chi connectivity index (χ0v) is 11.5. The van der Waals surface area contributed by atoms with E-state index in [1.165, 1.54) is 0 Å². The first-order valence-electron chi connectivity index (χ1n) is 6.50. The Balaban J connectivity index is 1.83. The second-order valence-corrected chi connectivity index (χ2v) is 5.23. The molecule has 2 aromatic carbocycles. The maximum atomic E-state index is 11.7. The predicted molar refractivity (Wildman–Crippen MR) is 77.6 cm³/mol. The quantitative estimate of drug-likeness (QED) is 0.896. The van der Waals surface area contributed by atoms with Gasteiger partial charge in [0.15, 0.2) is 0 Å². The molecule has 102 valence electrons. The van der Waals surface area contributed by atoms with Crippen LogP contribution in [0.25, 0.3) is 0 Å². The van der Waals surface area contributed by atoms with Crippen LogP contribution in [0, 0.1) is 0 Å². The molecule has 3 nitrogen and oxygen atoms in total. The summed E-state index contributed by atoms with van der Waals surface area (Å²) in [6, 6.07) is 17.3. The predicted octanol–water partition coefficient (Wildman–Crippen LogP) is 4.25. The monoisotopic (exact) mass is 287 g/mol. The van der Waals surface area contributed by atoms with Gasteiger partial charge in [0.25, 0.3) is 0 Å². The highest BCUT2D eigenvalue weighted by molar-refractivity contribution is 6.30. The molecule has 2 unspecified atom stereocenters. The highest BCUT2D eigenvalue weighted by Gasteiger charge is 2.29. The van der Waals surface area contributed by atoms with Gasteiger partial charge in [-0.2, -0.15) is 0 Å². The number of alkyl carbamates (subject to hydrolysis) is 1. The molecular weight excluding hydrogens is 274 g/mol. The van der Waals surface area contributed by atoms with Crippen LogP contribution >= 0.6 is 11.6 Å². The van der Waals surface area contributed by atoms with E-state index in [0.29, 0.717) is 11.4 Å². The zero-order valence-electron chi connectivity index (χ0n) is 10.8. The van der Waals surface area contributed by atoms with E-state index < -0.39 is 0 Å². The van der Waals surface area contributed by atoms with Gasteiger partial charge in [0, 0.05) is 11.4 Å². The van der Waals surface area contributed by atoms with Gasteiger partial charge in [0.1, 0.15) is 6.10 Å². The number of cyclic esters (lactones) is 1. The molecule has 1 aliphatic rings. The fraction of sp³-hybridized carbons (Fsp3) is 0.188. The molecule has 1 aliphatic heterocycles. The molecule has 1 fully saturated rings. The lowest BCUT2D eigenvalue weighted by Gasteiger charge is -2.30. The van der Waals surface area contributed by atoms with Crippen LogP contribution in [-0.4, -0.2) is 6.09 Å². The number of halogens is 1. The van der Waals surface area contributed by atoms with Crippen molar-refractivity contribution in [1.29, 1.82) is 0 Å². The van der Waals surface area contributed by atoms with Crippen molar-refractivity contribution < 1.29 is 9.53 Å². The van der Waals surface area contributed by atoms with Gasteiger partial charge in [-0.1, -0.05) is 54.1 Å². The van der Waals surface area contributed by atoms with Crippen molar-refractivity contribution in [3.8, 4) is 0 Å². The van der Waals surface area contributed by atoms with Crippen LogP contribution in [-0.2, 0) is 4.74 Å². The third-order valence-corrected chi connectivity index (χ3v) is 3.69. The summed E-state index contributed by atoms with van der Waals surface area (Å²) in [5.41, 5.74) is 2.05. The highest BCUT2D eigenvalue weighted by atomic mass is 35.5. The summed E-state index contributed by atoms with van der Waals surface area (Å²) >= 11 is 5.88. The van der Waals surface area contributed by atoms with Crippen molar-refractivity contribution in [2.45, 2.75) is 18.6 Å². The van der Waals surface area contributed by atoms with Crippen LogP contribution in [0.1, 0.15) is 29.7 Å².